The van der Waals surface area contributed by atoms with E-state index in [9.17, 15) is 0 Å². The highest BCUT2D eigenvalue weighted by atomic mass is 16.3. The van der Waals surface area contributed by atoms with Crippen molar-refractivity contribution >= 4 is 0 Å². The van der Waals surface area contributed by atoms with Crippen LogP contribution in [0.25, 0.3) is 0 Å². The highest BCUT2D eigenvalue weighted by molar-refractivity contribution is 5.17. The highest BCUT2D eigenvalue weighted by Gasteiger charge is 2.08. The topological polar surface area (TPSA) is 28.4 Å². The van der Waals surface area contributed by atoms with Crippen LogP contribution in [-0.4, -0.2) is 25.0 Å². The normalized spacial score (nSPS) is 11.1. The van der Waals surface area contributed by atoms with Gasteiger partial charge < -0.3 is 9.73 Å². The van der Waals surface area contributed by atoms with Crippen molar-refractivity contribution in [2.75, 3.05) is 20.1 Å². The molecule has 1 rings (SSSR count). The Morgan fingerprint density at radius 2 is 2.29 bits per heavy atom. The largest absolute Gasteiger partial charge is 0.468 e. The first-order valence-electron chi connectivity index (χ1n) is 6.22. The quantitative estimate of drug-likeness (QED) is 0.556. The fraction of sp³-hybridized carbons (Fsp3) is 0.571. The van der Waals surface area contributed by atoms with Crippen LogP contribution < -0.4 is 5.32 Å². The molecule has 0 unspecified atom stereocenters. The Morgan fingerprint density at radius 1 is 1.53 bits per heavy atom. The molecule has 1 aromatic heterocycles. The van der Waals surface area contributed by atoms with Gasteiger partial charge in [0.1, 0.15) is 5.76 Å². The average Bonchev–Trinajstić information content (AvgIpc) is 2.65. The standard InChI is InChI=1S/C14H24N2O/c1-5-7-15-9-13-6-8-17-14(13)11-16(4)10-12(2)3/h6,8,15H,2,5,7,9-11H2,1,3-4H3. The van der Waals surface area contributed by atoms with Gasteiger partial charge in [-0.05, 0) is 33.0 Å². The van der Waals surface area contributed by atoms with Crippen molar-refractivity contribution in [3.63, 3.8) is 0 Å². The summed E-state index contributed by atoms with van der Waals surface area (Å²) in [4.78, 5) is 2.21. The van der Waals surface area contributed by atoms with Crippen LogP contribution in [0, 0.1) is 0 Å². The second kappa shape index (κ2) is 7.30. The molecule has 0 atom stereocenters. The first-order chi connectivity index (χ1) is 8.13. The Morgan fingerprint density at radius 3 is 2.94 bits per heavy atom. The minimum absolute atomic E-state index is 0.836. The molecule has 0 amide bonds. The lowest BCUT2D eigenvalue weighted by atomic mass is 10.2. The summed E-state index contributed by atoms with van der Waals surface area (Å²) in [6.45, 7) is 11.8. The van der Waals surface area contributed by atoms with Crippen LogP contribution in [0.4, 0.5) is 0 Å². The van der Waals surface area contributed by atoms with Crippen molar-refractivity contribution in [3.8, 4) is 0 Å². The molecular weight excluding hydrogens is 212 g/mol. The Balaban J connectivity index is 2.47. The van der Waals surface area contributed by atoms with Gasteiger partial charge in [-0.15, -0.1) is 0 Å². The van der Waals surface area contributed by atoms with Gasteiger partial charge in [-0.25, -0.2) is 0 Å². The van der Waals surface area contributed by atoms with E-state index in [4.69, 9.17) is 4.42 Å². The number of likely N-dealkylation sites (N-methyl/N-ethyl adjacent to an activating group) is 1. The zero-order valence-electron chi connectivity index (χ0n) is 11.3. The molecule has 1 heterocycles. The van der Waals surface area contributed by atoms with E-state index in [2.05, 4.69) is 30.8 Å². The molecule has 0 fully saturated rings. The minimum atomic E-state index is 0.836. The molecule has 3 nitrogen and oxygen atoms in total. The highest BCUT2D eigenvalue weighted by Crippen LogP contribution is 2.13. The molecule has 0 radical (unpaired) electrons. The summed E-state index contributed by atoms with van der Waals surface area (Å²) in [7, 11) is 2.08. The molecule has 0 aliphatic carbocycles. The van der Waals surface area contributed by atoms with Gasteiger partial charge in [-0.2, -0.15) is 0 Å². The third-order valence-electron chi connectivity index (χ3n) is 2.53. The van der Waals surface area contributed by atoms with Gasteiger partial charge in [-0.1, -0.05) is 19.1 Å². The molecule has 1 N–H and O–H groups in total. The molecule has 0 spiro atoms. The zero-order chi connectivity index (χ0) is 12.7. The molecular formula is C14H24N2O. The summed E-state index contributed by atoms with van der Waals surface area (Å²) in [5.74, 6) is 1.05. The van der Waals surface area contributed by atoms with Crippen LogP contribution in [-0.2, 0) is 13.1 Å². The minimum Gasteiger partial charge on any atom is -0.468 e. The van der Waals surface area contributed by atoms with Crippen molar-refractivity contribution in [3.05, 3.63) is 35.8 Å². The average molecular weight is 236 g/mol. The Hall–Kier alpha value is -1.06. The predicted octanol–water partition coefficient (Wildman–Crippen LogP) is 2.79. The molecule has 0 aliphatic heterocycles. The van der Waals surface area contributed by atoms with Gasteiger partial charge in [0.05, 0.1) is 12.8 Å². The lowest BCUT2D eigenvalue weighted by Gasteiger charge is -2.15. The van der Waals surface area contributed by atoms with Crippen molar-refractivity contribution in [2.24, 2.45) is 0 Å². The monoisotopic (exact) mass is 236 g/mol. The van der Waals surface area contributed by atoms with E-state index in [1.165, 1.54) is 11.1 Å². The third kappa shape index (κ3) is 5.20. The van der Waals surface area contributed by atoms with Crippen molar-refractivity contribution in [1.82, 2.24) is 10.2 Å². The van der Waals surface area contributed by atoms with Crippen LogP contribution in [0.2, 0.25) is 0 Å². The summed E-state index contributed by atoms with van der Waals surface area (Å²) in [5.41, 5.74) is 2.43. The third-order valence-corrected chi connectivity index (χ3v) is 2.53. The first-order valence-corrected chi connectivity index (χ1v) is 6.22. The van der Waals surface area contributed by atoms with Crippen LogP contribution in [0.5, 0.6) is 0 Å². The van der Waals surface area contributed by atoms with Crippen molar-refractivity contribution < 1.29 is 4.42 Å². The van der Waals surface area contributed by atoms with Gasteiger partial charge in [0.2, 0.25) is 0 Å². The molecule has 0 bridgehead atoms. The molecule has 0 aromatic carbocycles. The van der Waals surface area contributed by atoms with E-state index < -0.39 is 0 Å². The Labute approximate surface area is 104 Å². The number of hydrogen-bond acceptors (Lipinski definition) is 3. The van der Waals surface area contributed by atoms with Crippen LogP contribution in [0.15, 0.2) is 28.9 Å². The van der Waals surface area contributed by atoms with E-state index in [1.54, 1.807) is 6.26 Å². The van der Waals surface area contributed by atoms with Crippen LogP contribution in [0.3, 0.4) is 0 Å². The van der Waals surface area contributed by atoms with E-state index in [0.717, 1.165) is 38.4 Å². The van der Waals surface area contributed by atoms with Crippen molar-refractivity contribution in [2.45, 2.75) is 33.4 Å². The summed E-state index contributed by atoms with van der Waals surface area (Å²) < 4.78 is 5.54. The maximum atomic E-state index is 5.54. The lowest BCUT2D eigenvalue weighted by molar-refractivity contribution is 0.314. The fourth-order valence-corrected chi connectivity index (χ4v) is 1.82. The molecule has 0 aliphatic rings. The fourth-order valence-electron chi connectivity index (χ4n) is 1.82. The Bertz CT molecular complexity index is 344. The van der Waals surface area contributed by atoms with Crippen LogP contribution >= 0.6 is 0 Å². The lowest BCUT2D eigenvalue weighted by Crippen LogP contribution is -2.21. The summed E-state index contributed by atoms with van der Waals surface area (Å²) in [5, 5.41) is 3.40. The predicted molar refractivity (Wildman–Crippen MR) is 71.9 cm³/mol. The second-order valence-corrected chi connectivity index (χ2v) is 4.68. The van der Waals surface area contributed by atoms with Gasteiger partial charge >= 0.3 is 0 Å². The number of furan rings is 1. The maximum absolute atomic E-state index is 5.54. The van der Waals surface area contributed by atoms with Gasteiger partial charge in [0.15, 0.2) is 0 Å². The number of hydrogen-bond donors (Lipinski definition) is 1. The molecule has 0 saturated carbocycles. The Kier molecular flexibility index (Phi) is 6.01. The second-order valence-electron chi connectivity index (χ2n) is 4.68. The van der Waals surface area contributed by atoms with Crippen molar-refractivity contribution in [1.29, 1.82) is 0 Å². The zero-order valence-corrected chi connectivity index (χ0v) is 11.3. The van der Waals surface area contributed by atoms with E-state index in [1.807, 2.05) is 13.0 Å². The number of nitrogens with zero attached hydrogens (tertiary/aromatic N) is 1. The van der Waals surface area contributed by atoms with E-state index in [-0.39, 0.29) is 0 Å². The van der Waals surface area contributed by atoms with E-state index >= 15 is 0 Å². The molecule has 17 heavy (non-hydrogen) atoms. The van der Waals surface area contributed by atoms with Gasteiger partial charge in [0, 0.05) is 18.7 Å². The summed E-state index contributed by atoms with van der Waals surface area (Å²) >= 11 is 0. The SMILES string of the molecule is C=C(C)CN(C)Cc1occc1CNCCC. The smallest absolute Gasteiger partial charge is 0.122 e. The first kappa shape index (κ1) is 14.0. The number of nitrogens with one attached hydrogen (secondary N) is 1. The summed E-state index contributed by atoms with van der Waals surface area (Å²) in [6, 6.07) is 2.05. The van der Waals surface area contributed by atoms with E-state index in [0.29, 0.717) is 0 Å². The maximum Gasteiger partial charge on any atom is 0.122 e. The summed E-state index contributed by atoms with van der Waals surface area (Å²) in [6.07, 6.45) is 2.93. The molecule has 96 valence electrons. The van der Waals surface area contributed by atoms with Gasteiger partial charge in [-0.3, -0.25) is 4.90 Å². The molecule has 3 heteroatoms. The van der Waals surface area contributed by atoms with Gasteiger partial charge in [0.25, 0.3) is 0 Å². The number of rotatable bonds is 8. The molecule has 1 aromatic rings. The van der Waals surface area contributed by atoms with Crippen LogP contribution in [0.1, 0.15) is 31.6 Å². The molecule has 0 saturated heterocycles.